The van der Waals surface area contributed by atoms with Gasteiger partial charge in [0.05, 0.1) is 49.5 Å². The quantitative estimate of drug-likeness (QED) is 0.112. The number of aromatic nitrogens is 1. The van der Waals surface area contributed by atoms with Gasteiger partial charge < -0.3 is 14.4 Å². The Morgan fingerprint density at radius 3 is 1.60 bits per heavy atom. The van der Waals surface area contributed by atoms with Gasteiger partial charge in [-0.3, -0.25) is 40.5 Å². The van der Waals surface area contributed by atoms with Crippen LogP contribution in [0.5, 0.6) is 5.75 Å². The van der Waals surface area contributed by atoms with Crippen molar-refractivity contribution < 1.29 is 29.5 Å². The largest absolute Gasteiger partial charge is 0.491 e. The van der Waals surface area contributed by atoms with Crippen molar-refractivity contribution in [3.05, 3.63) is 154 Å². The minimum absolute atomic E-state index is 0.0390. The number of fused-ring (bicyclic) bond motifs is 6. The number of hydrogen-bond donors (Lipinski definition) is 1. The maximum absolute atomic E-state index is 12.1. The monoisotopic (exact) mass is 673 g/mol. The van der Waals surface area contributed by atoms with E-state index in [1.54, 1.807) is 24.3 Å². The normalized spacial score (nSPS) is 12.4. The Morgan fingerprint density at radius 2 is 1.14 bits per heavy atom. The van der Waals surface area contributed by atoms with Gasteiger partial charge in [0.2, 0.25) is 0 Å². The van der Waals surface area contributed by atoms with Crippen LogP contribution in [-0.2, 0) is 6.54 Å². The van der Waals surface area contributed by atoms with Crippen LogP contribution >= 0.6 is 0 Å². The molecular formula is C35H23N5O10. The molecule has 0 spiro atoms. The summed E-state index contributed by atoms with van der Waals surface area (Å²) in [4.78, 5) is 44.2. The summed E-state index contributed by atoms with van der Waals surface area (Å²) in [6.07, 6.45) is 0.604. The first-order valence-corrected chi connectivity index (χ1v) is 15.0. The van der Waals surface area contributed by atoms with E-state index >= 15 is 0 Å². The van der Waals surface area contributed by atoms with Crippen LogP contribution in [0.25, 0.3) is 44.6 Å². The highest BCUT2D eigenvalue weighted by molar-refractivity contribution is 6.12. The molecule has 6 aromatic rings. The number of para-hydroxylation sites is 2. The van der Waals surface area contributed by atoms with Crippen molar-refractivity contribution in [1.82, 2.24) is 4.57 Å². The number of nitro benzene ring substituents is 4. The SMILES string of the molecule is O=[N+]([O-])c1cc2c(c([N+](=O)[O-])c1)-c1c(cc([N+](=O)[O-])cc1[N+](=O)[O-])C2=Cc1ccc(OC[C@H](O)Cn2c3ccccc3c3ccccc32)cc1. The molecule has 0 radical (unpaired) electrons. The summed E-state index contributed by atoms with van der Waals surface area (Å²) in [5, 5.41) is 60.6. The van der Waals surface area contributed by atoms with Gasteiger partial charge in [-0.25, -0.2) is 0 Å². The van der Waals surface area contributed by atoms with E-state index in [1.165, 1.54) is 6.08 Å². The molecule has 0 saturated heterocycles. The molecule has 0 unspecified atom stereocenters. The molecule has 0 bridgehead atoms. The van der Waals surface area contributed by atoms with Crippen molar-refractivity contribution >= 4 is 56.2 Å². The minimum atomic E-state index is -0.883. The van der Waals surface area contributed by atoms with E-state index in [0.717, 1.165) is 33.9 Å². The summed E-state index contributed by atoms with van der Waals surface area (Å²) in [5.41, 5.74) is -0.874. The van der Waals surface area contributed by atoms with Crippen molar-refractivity contribution in [3.8, 4) is 16.9 Å². The lowest BCUT2D eigenvalue weighted by atomic mass is 10.00. The van der Waals surface area contributed by atoms with Crippen molar-refractivity contribution in [2.24, 2.45) is 0 Å². The summed E-state index contributed by atoms with van der Waals surface area (Å²) in [6, 6.07) is 25.8. The second-order valence-electron chi connectivity index (χ2n) is 11.5. The van der Waals surface area contributed by atoms with Crippen LogP contribution < -0.4 is 4.74 Å². The van der Waals surface area contributed by atoms with E-state index < -0.39 is 48.5 Å². The standard InChI is InChI=1S/C35H23N5O10/c41-23(18-36-30-7-3-1-5-25(30)26-6-2-4-8-31(26)36)19-50-24-11-9-20(10-12-24)13-27-28-14-21(37(42)43)16-32(39(46)47)34(28)35-29(27)15-22(38(44)45)17-33(35)40(48)49/h1-17,23,41H,18-19H2/t23-/m1/s1. The summed E-state index contributed by atoms with van der Waals surface area (Å²) in [6.45, 7) is 0.232. The number of benzene rings is 5. The molecule has 0 aliphatic heterocycles. The fourth-order valence-corrected chi connectivity index (χ4v) is 6.46. The lowest BCUT2D eigenvalue weighted by Gasteiger charge is -2.15. The highest BCUT2D eigenvalue weighted by Gasteiger charge is 2.40. The number of ether oxygens (including phenoxy) is 1. The number of rotatable bonds is 10. The number of aliphatic hydroxyl groups is 1. The van der Waals surface area contributed by atoms with Crippen molar-refractivity contribution in [1.29, 1.82) is 0 Å². The highest BCUT2D eigenvalue weighted by atomic mass is 16.6. The minimum Gasteiger partial charge on any atom is -0.491 e. The average Bonchev–Trinajstić information content (AvgIpc) is 3.59. The van der Waals surface area contributed by atoms with E-state index in [0.29, 0.717) is 23.4 Å². The first-order chi connectivity index (χ1) is 24.0. The second kappa shape index (κ2) is 12.2. The third-order valence-corrected chi connectivity index (χ3v) is 8.56. The predicted molar refractivity (Wildman–Crippen MR) is 183 cm³/mol. The summed E-state index contributed by atoms with van der Waals surface area (Å²) >= 11 is 0. The lowest BCUT2D eigenvalue weighted by molar-refractivity contribution is -0.395. The Hall–Kier alpha value is -7.00. The van der Waals surface area contributed by atoms with Crippen molar-refractivity contribution in [2.75, 3.05) is 6.61 Å². The Morgan fingerprint density at radius 1 is 0.660 bits per heavy atom. The van der Waals surface area contributed by atoms with E-state index in [4.69, 9.17) is 4.74 Å². The van der Waals surface area contributed by atoms with Gasteiger partial charge in [-0.15, -0.1) is 0 Å². The molecule has 1 N–H and O–H groups in total. The Bertz CT molecular complexity index is 2320. The molecule has 1 atom stereocenters. The zero-order chi connectivity index (χ0) is 35.3. The van der Waals surface area contributed by atoms with Crippen LogP contribution in [0.1, 0.15) is 16.7 Å². The molecule has 5 aromatic carbocycles. The fourth-order valence-electron chi connectivity index (χ4n) is 6.46. The van der Waals surface area contributed by atoms with Gasteiger partial charge in [-0.05, 0) is 41.5 Å². The summed E-state index contributed by atoms with van der Waals surface area (Å²) < 4.78 is 7.90. The molecule has 15 heteroatoms. The van der Waals surface area contributed by atoms with Crippen LogP contribution in [0.2, 0.25) is 0 Å². The maximum Gasteiger partial charge on any atom is 0.284 e. The molecular weight excluding hydrogens is 650 g/mol. The molecule has 1 aromatic heterocycles. The van der Waals surface area contributed by atoms with E-state index in [2.05, 4.69) is 0 Å². The van der Waals surface area contributed by atoms with Crippen LogP contribution in [-0.4, -0.2) is 42.1 Å². The van der Waals surface area contributed by atoms with E-state index in [9.17, 15) is 45.6 Å². The maximum atomic E-state index is 12.1. The van der Waals surface area contributed by atoms with E-state index in [-0.39, 0.29) is 41.0 Å². The first kappa shape index (κ1) is 31.6. The predicted octanol–water partition coefficient (Wildman–Crippen LogP) is 7.44. The molecule has 0 saturated carbocycles. The molecule has 50 heavy (non-hydrogen) atoms. The zero-order valence-electron chi connectivity index (χ0n) is 25.7. The fraction of sp³-hybridized carbons (Fsp3) is 0.0857. The number of aliphatic hydroxyl groups excluding tert-OH is 1. The third kappa shape index (κ3) is 5.42. The molecule has 1 aliphatic rings. The molecule has 0 amide bonds. The van der Waals surface area contributed by atoms with Gasteiger partial charge >= 0.3 is 0 Å². The average molecular weight is 674 g/mol. The van der Waals surface area contributed by atoms with Crippen molar-refractivity contribution in [2.45, 2.75) is 12.6 Å². The molecule has 1 heterocycles. The van der Waals surface area contributed by atoms with Crippen LogP contribution in [0.3, 0.4) is 0 Å². The van der Waals surface area contributed by atoms with Gasteiger partial charge in [0.25, 0.3) is 22.7 Å². The third-order valence-electron chi connectivity index (χ3n) is 8.56. The van der Waals surface area contributed by atoms with Crippen LogP contribution in [0, 0.1) is 40.5 Å². The van der Waals surface area contributed by atoms with Gasteiger partial charge in [0, 0.05) is 45.1 Å². The zero-order valence-corrected chi connectivity index (χ0v) is 25.7. The Kier molecular flexibility index (Phi) is 7.72. The van der Waals surface area contributed by atoms with Gasteiger partial charge in [-0.1, -0.05) is 48.5 Å². The smallest absolute Gasteiger partial charge is 0.284 e. The lowest BCUT2D eigenvalue weighted by Crippen LogP contribution is -2.23. The topological polar surface area (TPSA) is 207 Å². The number of hydrogen-bond acceptors (Lipinski definition) is 10. The van der Waals surface area contributed by atoms with E-state index in [1.807, 2.05) is 53.1 Å². The second-order valence-corrected chi connectivity index (χ2v) is 11.5. The Labute approximate surface area is 280 Å². The molecule has 248 valence electrons. The summed E-state index contributed by atoms with van der Waals surface area (Å²) in [5.74, 6) is 0.401. The number of nitrogens with zero attached hydrogens (tertiary/aromatic N) is 5. The first-order valence-electron chi connectivity index (χ1n) is 15.0. The molecule has 0 fully saturated rings. The van der Waals surface area contributed by atoms with Gasteiger partial charge in [-0.2, -0.15) is 0 Å². The van der Waals surface area contributed by atoms with Crippen LogP contribution in [0.15, 0.2) is 97.1 Å². The molecule has 15 nitrogen and oxygen atoms in total. The molecule has 1 aliphatic carbocycles. The Balaban J connectivity index is 1.21. The van der Waals surface area contributed by atoms with Gasteiger partial charge in [0.15, 0.2) is 0 Å². The van der Waals surface area contributed by atoms with Crippen molar-refractivity contribution in [3.63, 3.8) is 0 Å². The van der Waals surface area contributed by atoms with Crippen LogP contribution in [0.4, 0.5) is 22.7 Å². The molecule has 7 rings (SSSR count). The highest BCUT2D eigenvalue weighted by Crippen LogP contribution is 2.55. The number of nitro groups is 4. The summed E-state index contributed by atoms with van der Waals surface area (Å²) in [7, 11) is 0. The number of non-ortho nitro benzene ring substituents is 2. The van der Waals surface area contributed by atoms with Gasteiger partial charge in [0.1, 0.15) is 18.5 Å².